The second-order valence-electron chi connectivity index (χ2n) is 3.85. The Morgan fingerprint density at radius 3 is 2.00 bits per heavy atom. The zero-order valence-corrected chi connectivity index (χ0v) is 9.84. The molecular formula is C11H25NO. The molecule has 0 fully saturated rings. The van der Waals surface area contributed by atoms with Gasteiger partial charge in [-0.15, -0.1) is 0 Å². The van der Waals surface area contributed by atoms with Gasteiger partial charge in [0.25, 0.3) is 0 Å². The Bertz CT molecular complexity index is 109. The molecule has 0 N–H and O–H groups in total. The fourth-order valence-electron chi connectivity index (χ4n) is 1.10. The van der Waals surface area contributed by atoms with Crippen LogP contribution in [0.5, 0.6) is 0 Å². The van der Waals surface area contributed by atoms with Gasteiger partial charge >= 0.3 is 0 Å². The van der Waals surface area contributed by atoms with E-state index in [1.165, 1.54) is 0 Å². The zero-order valence-electron chi connectivity index (χ0n) is 9.84. The average molecular weight is 187 g/mol. The van der Waals surface area contributed by atoms with Crippen LogP contribution in [0.25, 0.3) is 0 Å². The summed E-state index contributed by atoms with van der Waals surface area (Å²) in [5, 5.41) is 0. The minimum Gasteiger partial charge on any atom is -0.377 e. The Labute approximate surface area is 83.3 Å². The highest BCUT2D eigenvalue weighted by Gasteiger charge is 2.07. The van der Waals surface area contributed by atoms with Crippen molar-refractivity contribution >= 4 is 0 Å². The van der Waals surface area contributed by atoms with E-state index in [-0.39, 0.29) is 0 Å². The van der Waals surface area contributed by atoms with Gasteiger partial charge in [0.05, 0.1) is 12.7 Å². The summed E-state index contributed by atoms with van der Waals surface area (Å²) in [4.78, 5) is 2.38. The maximum atomic E-state index is 5.70. The van der Waals surface area contributed by atoms with E-state index in [1.807, 2.05) is 0 Å². The van der Waals surface area contributed by atoms with Gasteiger partial charge in [-0.2, -0.15) is 0 Å². The van der Waals surface area contributed by atoms with Crippen molar-refractivity contribution in [2.45, 2.75) is 40.7 Å². The van der Waals surface area contributed by atoms with Crippen LogP contribution in [-0.4, -0.2) is 37.2 Å². The first-order chi connectivity index (χ1) is 6.11. The summed E-state index contributed by atoms with van der Waals surface area (Å²) in [6, 6.07) is 0. The molecule has 1 atom stereocenters. The van der Waals surface area contributed by atoms with Crippen LogP contribution < -0.4 is 0 Å². The topological polar surface area (TPSA) is 12.5 Å². The quantitative estimate of drug-likeness (QED) is 0.607. The number of nitrogens with zero attached hydrogens (tertiary/aromatic N) is 1. The molecule has 0 aromatic carbocycles. The smallest absolute Gasteiger partial charge is 0.0597 e. The highest BCUT2D eigenvalue weighted by molar-refractivity contribution is 4.56. The van der Waals surface area contributed by atoms with Gasteiger partial charge in [0.2, 0.25) is 0 Å². The summed E-state index contributed by atoms with van der Waals surface area (Å²) >= 11 is 0. The molecule has 0 aliphatic carbocycles. The molecule has 1 unspecified atom stereocenters. The number of ether oxygens (including phenoxy) is 1. The second kappa shape index (κ2) is 7.34. The Morgan fingerprint density at radius 1 is 1.08 bits per heavy atom. The van der Waals surface area contributed by atoms with Crippen LogP contribution in [0.15, 0.2) is 0 Å². The average Bonchev–Trinajstić information content (AvgIpc) is 2.12. The molecule has 0 aliphatic heterocycles. The van der Waals surface area contributed by atoms with Gasteiger partial charge in [0.1, 0.15) is 0 Å². The summed E-state index contributed by atoms with van der Waals surface area (Å²) in [6.45, 7) is 15.1. The Balaban J connectivity index is 3.43. The van der Waals surface area contributed by atoms with Crippen molar-refractivity contribution < 1.29 is 4.74 Å². The van der Waals surface area contributed by atoms with Crippen molar-refractivity contribution in [2.75, 3.05) is 26.2 Å². The lowest BCUT2D eigenvalue weighted by Crippen LogP contribution is -2.29. The molecule has 0 rings (SSSR count). The summed E-state index contributed by atoms with van der Waals surface area (Å²) in [5.41, 5.74) is 0. The van der Waals surface area contributed by atoms with E-state index in [9.17, 15) is 0 Å². The summed E-state index contributed by atoms with van der Waals surface area (Å²) in [7, 11) is 0. The van der Waals surface area contributed by atoms with E-state index in [0.29, 0.717) is 12.0 Å². The van der Waals surface area contributed by atoms with Gasteiger partial charge in [0.15, 0.2) is 0 Å². The van der Waals surface area contributed by atoms with Gasteiger partial charge in [0, 0.05) is 6.54 Å². The van der Waals surface area contributed by atoms with Crippen molar-refractivity contribution in [3.63, 3.8) is 0 Å². The van der Waals surface area contributed by atoms with Crippen LogP contribution >= 0.6 is 0 Å². The lowest BCUT2D eigenvalue weighted by atomic mass is 10.1. The van der Waals surface area contributed by atoms with E-state index in [2.05, 4.69) is 39.5 Å². The van der Waals surface area contributed by atoms with Gasteiger partial charge in [-0.3, -0.25) is 0 Å². The van der Waals surface area contributed by atoms with E-state index >= 15 is 0 Å². The van der Waals surface area contributed by atoms with Gasteiger partial charge in [-0.05, 0) is 25.9 Å². The van der Waals surface area contributed by atoms with Crippen molar-refractivity contribution in [1.82, 2.24) is 4.90 Å². The first kappa shape index (κ1) is 12.9. The molecule has 0 aliphatic rings. The number of likely N-dealkylation sites (N-methyl/N-ethyl adjacent to an activating group) is 1. The van der Waals surface area contributed by atoms with Crippen LogP contribution in [0.3, 0.4) is 0 Å². The Hall–Kier alpha value is -0.0800. The third-order valence-corrected chi connectivity index (χ3v) is 2.62. The van der Waals surface area contributed by atoms with Crippen LogP contribution in [-0.2, 0) is 4.74 Å². The van der Waals surface area contributed by atoms with Crippen molar-refractivity contribution in [2.24, 2.45) is 5.92 Å². The number of hydrogen-bond acceptors (Lipinski definition) is 2. The Morgan fingerprint density at radius 2 is 1.62 bits per heavy atom. The van der Waals surface area contributed by atoms with Gasteiger partial charge in [-0.25, -0.2) is 0 Å². The molecule has 80 valence electrons. The fraction of sp³-hybridized carbons (Fsp3) is 1.00. The minimum absolute atomic E-state index is 0.385. The highest BCUT2D eigenvalue weighted by atomic mass is 16.5. The summed E-state index contributed by atoms with van der Waals surface area (Å²) < 4.78 is 5.70. The zero-order chi connectivity index (χ0) is 10.3. The highest BCUT2D eigenvalue weighted by Crippen LogP contribution is 2.04. The standard InChI is InChI=1S/C11H25NO/c1-6-12(7-2)8-9-13-11(5)10(3)4/h10-11H,6-9H2,1-5H3. The predicted octanol–water partition coefficient (Wildman–Crippen LogP) is 2.39. The monoisotopic (exact) mass is 187 g/mol. The third kappa shape index (κ3) is 6.05. The van der Waals surface area contributed by atoms with E-state index in [4.69, 9.17) is 4.74 Å². The molecule has 0 heterocycles. The van der Waals surface area contributed by atoms with E-state index < -0.39 is 0 Å². The third-order valence-electron chi connectivity index (χ3n) is 2.62. The lowest BCUT2D eigenvalue weighted by molar-refractivity contribution is 0.0234. The summed E-state index contributed by atoms with van der Waals surface area (Å²) in [5.74, 6) is 0.622. The molecule has 0 aromatic rings. The second-order valence-corrected chi connectivity index (χ2v) is 3.85. The van der Waals surface area contributed by atoms with Crippen LogP contribution in [0.4, 0.5) is 0 Å². The molecule has 0 spiro atoms. The summed E-state index contributed by atoms with van der Waals surface area (Å²) in [6.07, 6.45) is 0.385. The van der Waals surface area contributed by atoms with Gasteiger partial charge < -0.3 is 9.64 Å². The normalized spacial score (nSPS) is 14.1. The number of hydrogen-bond donors (Lipinski definition) is 0. The minimum atomic E-state index is 0.385. The largest absolute Gasteiger partial charge is 0.377 e. The van der Waals surface area contributed by atoms with Crippen LogP contribution in [0, 0.1) is 5.92 Å². The maximum absolute atomic E-state index is 5.70. The first-order valence-corrected chi connectivity index (χ1v) is 5.45. The van der Waals surface area contributed by atoms with Crippen molar-refractivity contribution in [1.29, 1.82) is 0 Å². The van der Waals surface area contributed by atoms with E-state index in [1.54, 1.807) is 0 Å². The molecule has 0 bridgehead atoms. The van der Waals surface area contributed by atoms with Crippen molar-refractivity contribution in [3.8, 4) is 0 Å². The Kier molecular flexibility index (Phi) is 7.29. The number of rotatable bonds is 7. The van der Waals surface area contributed by atoms with Crippen molar-refractivity contribution in [3.05, 3.63) is 0 Å². The molecule has 2 nitrogen and oxygen atoms in total. The van der Waals surface area contributed by atoms with E-state index in [0.717, 1.165) is 26.2 Å². The molecule has 13 heavy (non-hydrogen) atoms. The molecule has 0 amide bonds. The predicted molar refractivity (Wildman–Crippen MR) is 58.0 cm³/mol. The van der Waals surface area contributed by atoms with Crippen LogP contribution in [0.2, 0.25) is 0 Å². The van der Waals surface area contributed by atoms with Gasteiger partial charge in [-0.1, -0.05) is 27.7 Å². The molecule has 0 saturated heterocycles. The molecule has 0 aromatic heterocycles. The maximum Gasteiger partial charge on any atom is 0.0597 e. The molecule has 2 heteroatoms. The SMILES string of the molecule is CCN(CC)CCOC(C)C(C)C. The first-order valence-electron chi connectivity index (χ1n) is 5.45. The lowest BCUT2D eigenvalue weighted by Gasteiger charge is -2.21. The molecular weight excluding hydrogens is 162 g/mol. The van der Waals surface area contributed by atoms with Crippen LogP contribution in [0.1, 0.15) is 34.6 Å². The molecule has 0 saturated carbocycles. The fourth-order valence-corrected chi connectivity index (χ4v) is 1.10. The molecule has 0 radical (unpaired) electrons.